The van der Waals surface area contributed by atoms with Crippen molar-refractivity contribution >= 4 is 33.2 Å². The van der Waals surface area contributed by atoms with Gasteiger partial charge in [-0.25, -0.2) is 4.39 Å². The van der Waals surface area contributed by atoms with E-state index in [2.05, 4.69) is 21.2 Å². The molecular formula is C14H13BrFN3O. The summed E-state index contributed by atoms with van der Waals surface area (Å²) in [4.78, 5) is 11.2. The largest absolute Gasteiger partial charge is 0.398 e. The maximum Gasteiger partial charge on any atom is 0.250 e. The standard InChI is InChI=1S/C14H13BrFN3O/c15-10-4-2-1-3-8(10)7-19-13-5-9(14(18)20)12(17)6-11(13)16/h1-6,19H,7,17H2,(H2,18,20). The fourth-order valence-electron chi connectivity index (χ4n) is 1.77. The Morgan fingerprint density at radius 3 is 2.65 bits per heavy atom. The van der Waals surface area contributed by atoms with Crippen molar-refractivity contribution in [1.29, 1.82) is 0 Å². The number of anilines is 2. The van der Waals surface area contributed by atoms with E-state index in [1.54, 1.807) is 0 Å². The molecule has 6 heteroatoms. The SMILES string of the molecule is NC(=O)c1cc(NCc2ccccc2Br)c(F)cc1N. The van der Waals surface area contributed by atoms with Crippen LogP contribution >= 0.6 is 15.9 Å². The first-order valence-corrected chi connectivity index (χ1v) is 6.64. The molecule has 0 atom stereocenters. The highest BCUT2D eigenvalue weighted by molar-refractivity contribution is 9.10. The number of carbonyl (C=O) groups excluding carboxylic acids is 1. The van der Waals surface area contributed by atoms with Gasteiger partial charge in [0.1, 0.15) is 5.82 Å². The number of rotatable bonds is 4. The third-order valence-electron chi connectivity index (χ3n) is 2.83. The van der Waals surface area contributed by atoms with E-state index in [9.17, 15) is 9.18 Å². The second-order valence-corrected chi connectivity index (χ2v) is 5.08. The van der Waals surface area contributed by atoms with Gasteiger partial charge in [0.15, 0.2) is 0 Å². The monoisotopic (exact) mass is 337 g/mol. The first kappa shape index (κ1) is 14.3. The van der Waals surface area contributed by atoms with Gasteiger partial charge >= 0.3 is 0 Å². The number of hydrogen-bond donors (Lipinski definition) is 3. The van der Waals surface area contributed by atoms with Crippen LogP contribution in [0.2, 0.25) is 0 Å². The highest BCUT2D eigenvalue weighted by Gasteiger charge is 2.12. The van der Waals surface area contributed by atoms with Gasteiger partial charge < -0.3 is 16.8 Å². The van der Waals surface area contributed by atoms with Crippen molar-refractivity contribution in [3.63, 3.8) is 0 Å². The van der Waals surface area contributed by atoms with Gasteiger partial charge in [0, 0.05) is 16.7 Å². The average molecular weight is 338 g/mol. The highest BCUT2D eigenvalue weighted by Crippen LogP contribution is 2.23. The van der Waals surface area contributed by atoms with Crippen LogP contribution in [0.5, 0.6) is 0 Å². The molecule has 0 aliphatic heterocycles. The number of nitrogens with two attached hydrogens (primary N) is 2. The van der Waals surface area contributed by atoms with E-state index < -0.39 is 11.7 Å². The minimum absolute atomic E-state index is 0.0291. The Bertz CT molecular complexity index is 661. The Hall–Kier alpha value is -2.08. The summed E-state index contributed by atoms with van der Waals surface area (Å²) in [5, 5.41) is 2.92. The van der Waals surface area contributed by atoms with E-state index in [1.165, 1.54) is 6.07 Å². The molecule has 2 aromatic rings. The predicted octanol–water partition coefficient (Wildman–Crippen LogP) is 2.88. The zero-order chi connectivity index (χ0) is 14.7. The number of carbonyl (C=O) groups is 1. The van der Waals surface area contributed by atoms with E-state index >= 15 is 0 Å². The molecule has 0 fully saturated rings. The van der Waals surface area contributed by atoms with E-state index in [0.29, 0.717) is 6.54 Å². The molecule has 5 N–H and O–H groups in total. The summed E-state index contributed by atoms with van der Waals surface area (Å²) in [6, 6.07) is 9.98. The van der Waals surface area contributed by atoms with Crippen LogP contribution in [-0.2, 0) is 6.54 Å². The van der Waals surface area contributed by atoms with E-state index in [0.717, 1.165) is 16.1 Å². The third-order valence-corrected chi connectivity index (χ3v) is 3.61. The fourth-order valence-corrected chi connectivity index (χ4v) is 2.19. The van der Waals surface area contributed by atoms with Crippen molar-refractivity contribution < 1.29 is 9.18 Å². The predicted molar refractivity (Wildman–Crippen MR) is 80.8 cm³/mol. The van der Waals surface area contributed by atoms with Crippen LogP contribution in [0.15, 0.2) is 40.9 Å². The van der Waals surface area contributed by atoms with Gasteiger partial charge in [0.05, 0.1) is 11.3 Å². The van der Waals surface area contributed by atoms with Gasteiger partial charge in [0.25, 0.3) is 5.91 Å². The number of hydrogen-bond acceptors (Lipinski definition) is 3. The van der Waals surface area contributed by atoms with Gasteiger partial charge in [-0.2, -0.15) is 0 Å². The van der Waals surface area contributed by atoms with Crippen LogP contribution < -0.4 is 16.8 Å². The Labute approximate surface area is 124 Å². The van der Waals surface area contributed by atoms with E-state index in [-0.39, 0.29) is 16.9 Å². The summed E-state index contributed by atoms with van der Waals surface area (Å²) in [6.45, 7) is 0.403. The lowest BCUT2D eigenvalue weighted by Gasteiger charge is -2.11. The zero-order valence-electron chi connectivity index (χ0n) is 10.5. The Kier molecular flexibility index (Phi) is 4.24. The van der Waals surface area contributed by atoms with Gasteiger partial charge in [-0.15, -0.1) is 0 Å². The third kappa shape index (κ3) is 3.08. The Morgan fingerprint density at radius 2 is 2.00 bits per heavy atom. The van der Waals surface area contributed by atoms with Crippen LogP contribution in [0.25, 0.3) is 0 Å². The van der Waals surface area contributed by atoms with Crippen molar-refractivity contribution in [3.8, 4) is 0 Å². The molecular weight excluding hydrogens is 325 g/mol. The summed E-state index contributed by atoms with van der Waals surface area (Å²) >= 11 is 3.41. The first-order valence-electron chi connectivity index (χ1n) is 5.85. The average Bonchev–Trinajstić information content (AvgIpc) is 2.39. The number of halogens is 2. The smallest absolute Gasteiger partial charge is 0.250 e. The lowest BCUT2D eigenvalue weighted by Crippen LogP contribution is -2.15. The zero-order valence-corrected chi connectivity index (χ0v) is 12.1. The van der Waals surface area contributed by atoms with E-state index in [4.69, 9.17) is 11.5 Å². The maximum atomic E-state index is 13.8. The molecule has 104 valence electrons. The quantitative estimate of drug-likeness (QED) is 0.750. The van der Waals surface area contributed by atoms with Gasteiger partial charge in [-0.1, -0.05) is 34.1 Å². The van der Waals surface area contributed by atoms with Gasteiger partial charge in [-0.05, 0) is 23.8 Å². The number of benzene rings is 2. The number of primary amides is 1. The normalized spacial score (nSPS) is 10.3. The summed E-state index contributed by atoms with van der Waals surface area (Å²) in [5.41, 5.74) is 12.0. The molecule has 0 aromatic heterocycles. The molecule has 1 amide bonds. The molecule has 0 aliphatic rings. The molecule has 4 nitrogen and oxygen atoms in total. The van der Waals surface area contributed by atoms with Crippen molar-refractivity contribution in [1.82, 2.24) is 0 Å². The topological polar surface area (TPSA) is 81.1 Å². The number of amides is 1. The Balaban J connectivity index is 2.24. The second-order valence-electron chi connectivity index (χ2n) is 4.23. The molecule has 20 heavy (non-hydrogen) atoms. The lowest BCUT2D eigenvalue weighted by atomic mass is 10.1. The molecule has 0 aliphatic carbocycles. The summed E-state index contributed by atoms with van der Waals surface area (Å²) in [5.74, 6) is -1.22. The van der Waals surface area contributed by atoms with Gasteiger partial charge in [0.2, 0.25) is 0 Å². The summed E-state index contributed by atoms with van der Waals surface area (Å²) < 4.78 is 14.7. The minimum atomic E-state index is -0.688. The van der Waals surface area contributed by atoms with Crippen LogP contribution in [0, 0.1) is 5.82 Å². The molecule has 0 saturated carbocycles. The molecule has 0 heterocycles. The van der Waals surface area contributed by atoms with Gasteiger partial charge in [-0.3, -0.25) is 4.79 Å². The summed E-state index contributed by atoms with van der Waals surface area (Å²) in [7, 11) is 0. The van der Waals surface area contributed by atoms with Crippen LogP contribution in [0.3, 0.4) is 0 Å². The minimum Gasteiger partial charge on any atom is -0.398 e. The molecule has 2 rings (SSSR count). The second kappa shape index (κ2) is 5.92. The molecule has 0 bridgehead atoms. The first-order chi connectivity index (χ1) is 9.49. The maximum absolute atomic E-state index is 13.8. The molecule has 2 aromatic carbocycles. The lowest BCUT2D eigenvalue weighted by molar-refractivity contribution is 0.100. The molecule has 0 unspecified atom stereocenters. The molecule has 0 radical (unpaired) electrons. The van der Waals surface area contributed by atoms with Crippen LogP contribution in [-0.4, -0.2) is 5.91 Å². The fraction of sp³-hybridized carbons (Fsp3) is 0.0714. The van der Waals surface area contributed by atoms with Crippen LogP contribution in [0.4, 0.5) is 15.8 Å². The van der Waals surface area contributed by atoms with Crippen molar-refractivity contribution in [2.75, 3.05) is 11.1 Å². The Morgan fingerprint density at radius 1 is 1.30 bits per heavy atom. The van der Waals surface area contributed by atoms with Crippen molar-refractivity contribution in [2.45, 2.75) is 6.54 Å². The highest BCUT2D eigenvalue weighted by atomic mass is 79.9. The molecule has 0 saturated heterocycles. The number of nitrogen functional groups attached to an aromatic ring is 1. The van der Waals surface area contributed by atoms with E-state index in [1.807, 2.05) is 24.3 Å². The molecule has 0 spiro atoms. The van der Waals surface area contributed by atoms with Crippen LogP contribution in [0.1, 0.15) is 15.9 Å². The van der Waals surface area contributed by atoms with Crippen molar-refractivity contribution in [3.05, 3.63) is 57.8 Å². The number of nitrogens with one attached hydrogen (secondary N) is 1. The summed E-state index contributed by atoms with van der Waals surface area (Å²) in [6.07, 6.45) is 0. The van der Waals surface area contributed by atoms with Crippen molar-refractivity contribution in [2.24, 2.45) is 5.73 Å².